The molecule has 2 rings (SSSR count). The van der Waals surface area contributed by atoms with Crippen molar-refractivity contribution in [3.63, 3.8) is 0 Å². The van der Waals surface area contributed by atoms with Gasteiger partial charge in [-0.05, 0) is 50.1 Å². The smallest absolute Gasteiger partial charge is 0.251 e. The van der Waals surface area contributed by atoms with Gasteiger partial charge in [0.2, 0.25) is 5.91 Å². The molecule has 1 atom stereocenters. The van der Waals surface area contributed by atoms with E-state index in [1.165, 1.54) is 0 Å². The normalized spacial score (nSPS) is 11.9. The van der Waals surface area contributed by atoms with Crippen LogP contribution in [0.4, 0.5) is 5.69 Å². The number of hydrogen-bond acceptors (Lipinski definition) is 3. The van der Waals surface area contributed by atoms with Gasteiger partial charge >= 0.3 is 0 Å². The summed E-state index contributed by atoms with van der Waals surface area (Å²) in [6.45, 7) is 5.68. The van der Waals surface area contributed by atoms with E-state index in [1.807, 2.05) is 51.1 Å². The van der Waals surface area contributed by atoms with Gasteiger partial charge in [0.1, 0.15) is 0 Å². The fourth-order valence-electron chi connectivity index (χ4n) is 2.57. The second-order valence-electron chi connectivity index (χ2n) is 6.43. The summed E-state index contributed by atoms with van der Waals surface area (Å²) in [7, 11) is 0. The SMILES string of the molecule is Cc1cc(NC(=O)CC(N)c2ccccc2)ccc1C(=O)NC(C)C. The Kier molecular flexibility index (Phi) is 6.31. The third-order valence-corrected chi connectivity index (χ3v) is 3.81. The molecule has 25 heavy (non-hydrogen) atoms. The Morgan fingerprint density at radius 2 is 1.76 bits per heavy atom. The second-order valence-corrected chi connectivity index (χ2v) is 6.43. The van der Waals surface area contributed by atoms with E-state index in [0.717, 1.165) is 11.1 Å². The highest BCUT2D eigenvalue weighted by Gasteiger charge is 2.14. The molecular formula is C20H25N3O2. The number of aryl methyl sites for hydroxylation is 1. The van der Waals surface area contributed by atoms with E-state index in [2.05, 4.69) is 10.6 Å². The Morgan fingerprint density at radius 3 is 2.36 bits per heavy atom. The topological polar surface area (TPSA) is 84.2 Å². The Bertz CT molecular complexity index is 742. The number of anilines is 1. The summed E-state index contributed by atoms with van der Waals surface area (Å²) in [5.41, 5.74) is 9.07. The van der Waals surface area contributed by atoms with Crippen molar-refractivity contribution in [1.82, 2.24) is 5.32 Å². The van der Waals surface area contributed by atoms with Gasteiger partial charge in [0.25, 0.3) is 5.91 Å². The number of nitrogens with one attached hydrogen (secondary N) is 2. The monoisotopic (exact) mass is 339 g/mol. The molecule has 132 valence electrons. The maximum absolute atomic E-state index is 12.2. The van der Waals surface area contributed by atoms with E-state index in [9.17, 15) is 9.59 Å². The lowest BCUT2D eigenvalue weighted by atomic mass is 10.0. The molecule has 0 heterocycles. The molecule has 5 nitrogen and oxygen atoms in total. The predicted molar refractivity (Wildman–Crippen MR) is 100 cm³/mol. The molecule has 0 aliphatic rings. The van der Waals surface area contributed by atoms with E-state index in [-0.39, 0.29) is 30.3 Å². The Morgan fingerprint density at radius 1 is 1.08 bits per heavy atom. The summed E-state index contributed by atoms with van der Waals surface area (Å²) in [6, 6.07) is 14.5. The van der Waals surface area contributed by atoms with Gasteiger partial charge in [-0.1, -0.05) is 30.3 Å². The van der Waals surface area contributed by atoms with Crippen LogP contribution in [0.25, 0.3) is 0 Å². The summed E-state index contributed by atoms with van der Waals surface area (Å²) in [4.78, 5) is 24.3. The summed E-state index contributed by atoms with van der Waals surface area (Å²) in [6.07, 6.45) is 0.193. The number of hydrogen-bond donors (Lipinski definition) is 3. The highest BCUT2D eigenvalue weighted by atomic mass is 16.2. The van der Waals surface area contributed by atoms with Crippen LogP contribution < -0.4 is 16.4 Å². The maximum atomic E-state index is 12.2. The van der Waals surface area contributed by atoms with Gasteiger partial charge in [-0.15, -0.1) is 0 Å². The van der Waals surface area contributed by atoms with Crippen LogP contribution >= 0.6 is 0 Å². The zero-order chi connectivity index (χ0) is 18.4. The number of carbonyl (C=O) groups is 2. The molecule has 2 aromatic rings. The lowest BCUT2D eigenvalue weighted by molar-refractivity contribution is -0.116. The molecule has 0 spiro atoms. The second kappa shape index (κ2) is 8.44. The van der Waals surface area contributed by atoms with Crippen LogP contribution in [0, 0.1) is 6.92 Å². The molecule has 5 heteroatoms. The van der Waals surface area contributed by atoms with Crippen molar-refractivity contribution in [2.45, 2.75) is 39.3 Å². The van der Waals surface area contributed by atoms with Crippen LogP contribution in [-0.2, 0) is 4.79 Å². The first kappa shape index (κ1) is 18.7. The Labute approximate surface area is 148 Å². The van der Waals surface area contributed by atoms with Crippen molar-refractivity contribution in [3.05, 3.63) is 65.2 Å². The van der Waals surface area contributed by atoms with Gasteiger partial charge in [-0.2, -0.15) is 0 Å². The van der Waals surface area contributed by atoms with Crippen LogP contribution in [0.2, 0.25) is 0 Å². The zero-order valence-electron chi connectivity index (χ0n) is 14.9. The summed E-state index contributed by atoms with van der Waals surface area (Å²) >= 11 is 0. The van der Waals surface area contributed by atoms with Crippen molar-refractivity contribution in [3.8, 4) is 0 Å². The average molecular weight is 339 g/mol. The molecule has 4 N–H and O–H groups in total. The fraction of sp³-hybridized carbons (Fsp3) is 0.300. The lowest BCUT2D eigenvalue weighted by Crippen LogP contribution is -2.30. The molecule has 2 aromatic carbocycles. The molecule has 0 aliphatic carbocycles. The van der Waals surface area contributed by atoms with Crippen molar-refractivity contribution in [2.75, 3.05) is 5.32 Å². The molecule has 0 fully saturated rings. The van der Waals surface area contributed by atoms with Crippen molar-refractivity contribution in [1.29, 1.82) is 0 Å². The minimum absolute atomic E-state index is 0.0748. The largest absolute Gasteiger partial charge is 0.350 e. The third-order valence-electron chi connectivity index (χ3n) is 3.81. The first-order valence-electron chi connectivity index (χ1n) is 8.38. The molecule has 0 bridgehead atoms. The van der Waals surface area contributed by atoms with E-state index >= 15 is 0 Å². The van der Waals surface area contributed by atoms with Gasteiger partial charge < -0.3 is 16.4 Å². The summed E-state index contributed by atoms with van der Waals surface area (Å²) in [5.74, 6) is -0.272. The summed E-state index contributed by atoms with van der Waals surface area (Å²) < 4.78 is 0. The van der Waals surface area contributed by atoms with Gasteiger partial charge in [0.15, 0.2) is 0 Å². The minimum atomic E-state index is -0.349. The Hall–Kier alpha value is -2.66. The van der Waals surface area contributed by atoms with Crippen molar-refractivity contribution in [2.24, 2.45) is 5.73 Å². The van der Waals surface area contributed by atoms with Gasteiger partial charge in [-0.25, -0.2) is 0 Å². The van der Waals surface area contributed by atoms with Gasteiger partial charge in [0, 0.05) is 29.8 Å². The van der Waals surface area contributed by atoms with Crippen LogP contribution in [-0.4, -0.2) is 17.9 Å². The van der Waals surface area contributed by atoms with Crippen LogP contribution in [0.5, 0.6) is 0 Å². The minimum Gasteiger partial charge on any atom is -0.350 e. The van der Waals surface area contributed by atoms with Crippen molar-refractivity contribution >= 4 is 17.5 Å². The number of carbonyl (C=O) groups excluding carboxylic acids is 2. The molecule has 0 aromatic heterocycles. The van der Waals surface area contributed by atoms with Gasteiger partial charge in [-0.3, -0.25) is 9.59 Å². The zero-order valence-corrected chi connectivity index (χ0v) is 14.9. The predicted octanol–water partition coefficient (Wildman–Crippen LogP) is 3.16. The molecular weight excluding hydrogens is 314 g/mol. The standard InChI is InChI=1S/C20H25N3O2/c1-13(2)22-20(25)17-10-9-16(11-14(17)3)23-19(24)12-18(21)15-7-5-4-6-8-15/h4-11,13,18H,12,21H2,1-3H3,(H,22,25)(H,23,24). The number of benzene rings is 2. The van der Waals surface area contributed by atoms with Crippen LogP contribution in [0.3, 0.4) is 0 Å². The molecule has 2 amide bonds. The molecule has 0 aliphatic heterocycles. The van der Waals surface area contributed by atoms with Crippen molar-refractivity contribution < 1.29 is 9.59 Å². The van der Waals surface area contributed by atoms with Crippen LogP contribution in [0.15, 0.2) is 48.5 Å². The van der Waals surface area contributed by atoms with E-state index in [0.29, 0.717) is 11.3 Å². The summed E-state index contributed by atoms with van der Waals surface area (Å²) in [5, 5.41) is 5.70. The molecule has 0 saturated carbocycles. The first-order chi connectivity index (χ1) is 11.9. The maximum Gasteiger partial charge on any atom is 0.251 e. The number of rotatable bonds is 6. The lowest BCUT2D eigenvalue weighted by Gasteiger charge is -2.14. The average Bonchev–Trinajstić information content (AvgIpc) is 2.54. The van der Waals surface area contributed by atoms with Gasteiger partial charge in [0.05, 0.1) is 0 Å². The number of amides is 2. The highest BCUT2D eigenvalue weighted by molar-refractivity contribution is 5.97. The quantitative estimate of drug-likeness (QED) is 0.756. The molecule has 1 unspecified atom stereocenters. The third kappa shape index (κ3) is 5.43. The molecule has 0 radical (unpaired) electrons. The first-order valence-corrected chi connectivity index (χ1v) is 8.38. The Balaban J connectivity index is 1.99. The van der Waals surface area contributed by atoms with E-state index < -0.39 is 0 Å². The van der Waals surface area contributed by atoms with E-state index in [1.54, 1.807) is 18.2 Å². The molecule has 0 saturated heterocycles. The van der Waals surface area contributed by atoms with Crippen LogP contribution in [0.1, 0.15) is 47.8 Å². The number of nitrogens with two attached hydrogens (primary N) is 1. The fourth-order valence-corrected chi connectivity index (χ4v) is 2.57. The van der Waals surface area contributed by atoms with E-state index in [4.69, 9.17) is 5.73 Å². The highest BCUT2D eigenvalue weighted by Crippen LogP contribution is 2.18.